The predicted octanol–water partition coefficient (Wildman–Crippen LogP) is 3.09. The van der Waals surface area contributed by atoms with Crippen molar-refractivity contribution in [2.45, 2.75) is 47.6 Å². The monoisotopic (exact) mass is 134 g/mol. The average molecular weight is 134 g/mol. The van der Waals surface area contributed by atoms with Gasteiger partial charge in [-0.15, -0.1) is 0 Å². The van der Waals surface area contributed by atoms with Crippen LogP contribution in [-0.4, -0.2) is 13.2 Å². The fourth-order valence-corrected chi connectivity index (χ4v) is 0.524. The van der Waals surface area contributed by atoms with Crippen LogP contribution in [0.3, 0.4) is 0 Å². The van der Waals surface area contributed by atoms with Gasteiger partial charge >= 0.3 is 0 Å². The molecule has 0 aliphatic carbocycles. The second-order valence-electron chi connectivity index (χ2n) is 1.83. The van der Waals surface area contributed by atoms with E-state index in [-0.39, 0.29) is 14.9 Å². The normalized spacial score (nSPS) is 11.0. The zero-order valence-corrected chi connectivity index (χ0v) is 5.40. The quantitative estimate of drug-likeness (QED) is 0.576. The molecule has 0 rings (SSSR count). The Hall–Kier alpha value is -0.0400. The van der Waals surface area contributed by atoms with Crippen LogP contribution >= 0.6 is 0 Å². The first kappa shape index (κ1) is 16.0. The molecule has 1 heteroatoms. The topological polar surface area (TPSA) is 9.23 Å². The summed E-state index contributed by atoms with van der Waals surface area (Å²) in [4.78, 5) is 0. The summed E-state index contributed by atoms with van der Waals surface area (Å²) in [6, 6.07) is 0. The second kappa shape index (κ2) is 10.9. The molecule has 0 aromatic heterocycles. The third kappa shape index (κ3) is 11.5. The van der Waals surface area contributed by atoms with Gasteiger partial charge in [0.05, 0.1) is 6.10 Å². The zero-order chi connectivity index (χ0) is 5.70. The van der Waals surface area contributed by atoms with Crippen LogP contribution in [0.5, 0.6) is 0 Å². The lowest BCUT2D eigenvalue weighted by Gasteiger charge is -2.04. The molecule has 9 heavy (non-hydrogen) atoms. The lowest BCUT2D eigenvalue weighted by Crippen LogP contribution is -2.02. The molecule has 0 saturated carbocycles. The smallest absolute Gasteiger partial charge is 0.0543 e. The Bertz CT molecular complexity index is 35.5. The Labute approximate surface area is 60.4 Å². The number of hydrogen-bond acceptors (Lipinski definition) is 1. The van der Waals surface area contributed by atoms with Crippen LogP contribution in [-0.2, 0) is 4.74 Å². The van der Waals surface area contributed by atoms with Gasteiger partial charge in [0.2, 0.25) is 0 Å². The highest BCUT2D eigenvalue weighted by atomic mass is 16.5. The van der Waals surface area contributed by atoms with Gasteiger partial charge in [-0.1, -0.05) is 28.2 Å². The molecular formula is C8H22O. The maximum Gasteiger partial charge on any atom is 0.0543 e. The number of hydrogen-bond donors (Lipinski definition) is 0. The highest BCUT2D eigenvalue weighted by Gasteiger charge is 1.92. The Morgan fingerprint density at radius 1 is 1.33 bits per heavy atom. The van der Waals surface area contributed by atoms with E-state index in [0.717, 1.165) is 0 Å². The van der Waals surface area contributed by atoms with Crippen molar-refractivity contribution in [3.63, 3.8) is 0 Å². The molecule has 0 heterocycles. The Morgan fingerprint density at radius 2 is 1.78 bits per heavy atom. The molecule has 0 aliphatic rings. The summed E-state index contributed by atoms with van der Waals surface area (Å²) in [5.41, 5.74) is 0. The highest BCUT2D eigenvalue weighted by Crippen LogP contribution is 1.96. The van der Waals surface area contributed by atoms with Gasteiger partial charge < -0.3 is 4.74 Å². The van der Waals surface area contributed by atoms with Crippen molar-refractivity contribution in [1.29, 1.82) is 0 Å². The van der Waals surface area contributed by atoms with E-state index < -0.39 is 0 Å². The fraction of sp³-hybridized carbons (Fsp3) is 1.00. The minimum absolute atomic E-state index is 0. The molecule has 0 aromatic carbocycles. The maximum absolute atomic E-state index is 4.99. The third-order valence-electron chi connectivity index (χ3n) is 1.10. The number of ether oxygens (including phenoxy) is 1. The van der Waals surface area contributed by atoms with E-state index in [0.29, 0.717) is 6.10 Å². The molecule has 0 N–H and O–H groups in total. The Balaban J connectivity index is -0.000000180. The molecule has 1 atom stereocenters. The van der Waals surface area contributed by atoms with Gasteiger partial charge in [-0.25, -0.2) is 0 Å². The maximum atomic E-state index is 4.99. The summed E-state index contributed by atoms with van der Waals surface area (Å²) in [5, 5.41) is 0. The summed E-state index contributed by atoms with van der Waals surface area (Å²) < 4.78 is 4.99. The summed E-state index contributed by atoms with van der Waals surface area (Å²) in [7, 11) is 1.75. The van der Waals surface area contributed by atoms with Crippen molar-refractivity contribution in [1.82, 2.24) is 0 Å². The largest absolute Gasteiger partial charge is 0.382 e. The molecule has 1 nitrogen and oxygen atoms in total. The summed E-state index contributed by atoms with van der Waals surface area (Å²) >= 11 is 0. The van der Waals surface area contributed by atoms with E-state index in [1.54, 1.807) is 7.11 Å². The van der Waals surface area contributed by atoms with Crippen LogP contribution in [0, 0.1) is 0 Å². The molecule has 0 fully saturated rings. The lowest BCUT2D eigenvalue weighted by atomic mass is 10.2. The molecule has 0 unspecified atom stereocenters. The van der Waals surface area contributed by atoms with Gasteiger partial charge in [0.15, 0.2) is 0 Å². The van der Waals surface area contributed by atoms with E-state index in [1.807, 2.05) is 0 Å². The van der Waals surface area contributed by atoms with Crippen molar-refractivity contribution in [3.05, 3.63) is 0 Å². The molecule has 0 saturated heterocycles. The second-order valence-corrected chi connectivity index (χ2v) is 1.83. The summed E-state index contributed by atoms with van der Waals surface area (Å²) in [5.74, 6) is 0. The first-order chi connectivity index (χ1) is 3.31. The van der Waals surface area contributed by atoms with Crippen molar-refractivity contribution >= 4 is 0 Å². The van der Waals surface area contributed by atoms with E-state index in [4.69, 9.17) is 4.74 Å². The van der Waals surface area contributed by atoms with Crippen molar-refractivity contribution in [2.24, 2.45) is 0 Å². The van der Waals surface area contributed by atoms with Crippen LogP contribution in [0.2, 0.25) is 0 Å². The SMILES string of the molecule is C.C.CCC[C@@H](C)OC. The molecule has 0 aliphatic heterocycles. The summed E-state index contributed by atoms with van der Waals surface area (Å²) in [6.45, 7) is 4.25. The van der Waals surface area contributed by atoms with Gasteiger partial charge in [-0.2, -0.15) is 0 Å². The van der Waals surface area contributed by atoms with E-state index in [1.165, 1.54) is 12.8 Å². The van der Waals surface area contributed by atoms with Crippen LogP contribution < -0.4 is 0 Å². The molecule has 60 valence electrons. The van der Waals surface area contributed by atoms with Gasteiger partial charge in [0.25, 0.3) is 0 Å². The summed E-state index contributed by atoms with van der Waals surface area (Å²) in [6.07, 6.45) is 2.84. The van der Waals surface area contributed by atoms with E-state index >= 15 is 0 Å². The number of methoxy groups -OCH3 is 1. The minimum Gasteiger partial charge on any atom is -0.382 e. The third-order valence-corrected chi connectivity index (χ3v) is 1.10. The average Bonchev–Trinajstić information content (AvgIpc) is 1.68. The van der Waals surface area contributed by atoms with Gasteiger partial charge in [0, 0.05) is 7.11 Å². The minimum atomic E-state index is 0. The fourth-order valence-electron chi connectivity index (χ4n) is 0.524. The van der Waals surface area contributed by atoms with Gasteiger partial charge in [0.1, 0.15) is 0 Å². The molecule has 0 amide bonds. The molecule has 0 spiro atoms. The van der Waals surface area contributed by atoms with Gasteiger partial charge in [-0.05, 0) is 13.3 Å². The first-order valence-corrected chi connectivity index (χ1v) is 2.84. The molecule has 0 radical (unpaired) electrons. The van der Waals surface area contributed by atoms with Crippen LogP contribution in [0.4, 0.5) is 0 Å². The highest BCUT2D eigenvalue weighted by molar-refractivity contribution is 4.43. The molecule has 0 aromatic rings. The standard InChI is InChI=1S/C6H14O.2CH4/c1-4-5-6(2)7-3;;/h6H,4-5H2,1-3H3;2*1H4/t6-;;/m1../s1. The van der Waals surface area contributed by atoms with Gasteiger partial charge in [-0.3, -0.25) is 0 Å². The van der Waals surface area contributed by atoms with Crippen molar-refractivity contribution in [3.8, 4) is 0 Å². The zero-order valence-electron chi connectivity index (χ0n) is 5.40. The number of rotatable bonds is 3. The molecular weight excluding hydrogens is 112 g/mol. The molecule has 0 bridgehead atoms. The Kier molecular flexibility index (Phi) is 19.3. The Morgan fingerprint density at radius 3 is 1.89 bits per heavy atom. The van der Waals surface area contributed by atoms with Crippen LogP contribution in [0.1, 0.15) is 41.5 Å². The predicted molar refractivity (Wildman–Crippen MR) is 44.8 cm³/mol. The van der Waals surface area contributed by atoms with Crippen molar-refractivity contribution < 1.29 is 4.74 Å². The van der Waals surface area contributed by atoms with E-state index in [9.17, 15) is 0 Å². The van der Waals surface area contributed by atoms with Crippen LogP contribution in [0.25, 0.3) is 0 Å². The van der Waals surface area contributed by atoms with Crippen LogP contribution in [0.15, 0.2) is 0 Å². The van der Waals surface area contributed by atoms with Crippen molar-refractivity contribution in [2.75, 3.05) is 7.11 Å². The van der Waals surface area contributed by atoms with E-state index in [2.05, 4.69) is 13.8 Å². The first-order valence-electron chi connectivity index (χ1n) is 2.84. The lowest BCUT2D eigenvalue weighted by molar-refractivity contribution is 0.110.